The molecule has 1 aromatic heterocycles. The first-order valence-corrected chi connectivity index (χ1v) is 30.1. The van der Waals surface area contributed by atoms with E-state index in [4.69, 9.17) is 0 Å². The molecule has 5 aliphatic carbocycles. The Kier molecular flexibility index (Phi) is 11.1. The predicted molar refractivity (Wildman–Crippen MR) is 334 cm³/mol. The number of rotatable bonds is 5. The van der Waals surface area contributed by atoms with Crippen LogP contribution in [0.2, 0.25) is 0 Å². The summed E-state index contributed by atoms with van der Waals surface area (Å²) in [6.07, 6.45) is 11.0. The van der Waals surface area contributed by atoms with E-state index in [0.29, 0.717) is 0 Å². The van der Waals surface area contributed by atoms with Gasteiger partial charge in [0.25, 0.3) is 6.71 Å². The lowest BCUT2D eigenvalue weighted by Crippen LogP contribution is -2.58. The van der Waals surface area contributed by atoms with Crippen molar-refractivity contribution in [2.45, 2.75) is 193 Å². The van der Waals surface area contributed by atoms with Gasteiger partial charge in [0.15, 0.2) is 0 Å². The Labute approximate surface area is 466 Å². The van der Waals surface area contributed by atoms with Gasteiger partial charge in [0.05, 0.1) is 11.0 Å². The molecule has 0 N–H and O–H groups in total. The molecular weight excluding hydrogens is 950 g/mol. The largest absolute Gasteiger partial charge is 0.334 e. The van der Waals surface area contributed by atoms with Gasteiger partial charge in [-0.15, -0.1) is 11.3 Å². The SMILES string of the molecule is CC(C)(C)c1cc(N2C3=C4B(c5cc(C(C)(C)C)ccc52)c2c(sc5cc6c(cc25)C2(C)CCC6(C)CC2)N(c2ccc5c(c2)C(C)(C)CCC5(C)C)C4=CC(N(c2ccccc2)c2ccccc2)C3)cc(C(C)(C)C)c1. The molecule has 2 bridgehead atoms. The molecule has 1 unspecified atom stereocenters. The van der Waals surface area contributed by atoms with E-state index in [1.165, 1.54) is 138 Å². The molecule has 7 aliphatic rings. The van der Waals surface area contributed by atoms with Crippen LogP contribution in [0.5, 0.6) is 0 Å². The molecule has 3 heterocycles. The van der Waals surface area contributed by atoms with E-state index in [9.17, 15) is 0 Å². The maximum atomic E-state index is 2.80. The maximum absolute atomic E-state index is 2.80. The van der Waals surface area contributed by atoms with Gasteiger partial charge in [-0.2, -0.15) is 0 Å². The number of para-hydroxylation sites is 2. The van der Waals surface area contributed by atoms with E-state index in [0.717, 1.165) is 6.42 Å². The van der Waals surface area contributed by atoms with Crippen LogP contribution in [0.4, 0.5) is 33.4 Å². The van der Waals surface area contributed by atoms with Crippen molar-refractivity contribution in [2.24, 2.45) is 0 Å². The second-order valence-corrected chi connectivity index (χ2v) is 30.5. The van der Waals surface area contributed by atoms with E-state index < -0.39 is 0 Å². The van der Waals surface area contributed by atoms with Crippen LogP contribution in [0, 0.1) is 0 Å². The highest BCUT2D eigenvalue weighted by molar-refractivity contribution is 7.26. The summed E-state index contributed by atoms with van der Waals surface area (Å²) in [6.45, 7) is 36.7. The zero-order chi connectivity index (χ0) is 54.1. The van der Waals surface area contributed by atoms with Crippen LogP contribution < -0.4 is 25.6 Å². The minimum atomic E-state index is -0.0597. The van der Waals surface area contributed by atoms with Crippen LogP contribution in [-0.4, -0.2) is 12.8 Å². The quantitative estimate of drug-likeness (QED) is 0.159. The van der Waals surface area contributed by atoms with Gasteiger partial charge >= 0.3 is 0 Å². The monoisotopic (exact) mass is 1030 g/mol. The molecule has 0 spiro atoms. The van der Waals surface area contributed by atoms with Crippen molar-refractivity contribution in [1.29, 1.82) is 0 Å². The van der Waals surface area contributed by atoms with Gasteiger partial charge in [0, 0.05) is 51.0 Å². The van der Waals surface area contributed by atoms with E-state index in [2.05, 4.69) is 263 Å². The van der Waals surface area contributed by atoms with Crippen molar-refractivity contribution >= 4 is 72.5 Å². The number of nitrogens with zero attached hydrogens (tertiary/aromatic N) is 3. The molecule has 7 aromatic rings. The Morgan fingerprint density at radius 1 is 0.519 bits per heavy atom. The van der Waals surface area contributed by atoms with Crippen LogP contribution in [0.15, 0.2) is 150 Å². The van der Waals surface area contributed by atoms with Crippen LogP contribution in [-0.2, 0) is 37.9 Å². The van der Waals surface area contributed by atoms with Crippen molar-refractivity contribution in [2.75, 3.05) is 14.7 Å². The molecule has 14 rings (SSSR count). The van der Waals surface area contributed by atoms with E-state index >= 15 is 0 Å². The summed E-state index contributed by atoms with van der Waals surface area (Å²) in [5.74, 6) is 0. The second-order valence-electron chi connectivity index (χ2n) is 29.5. The molecule has 0 radical (unpaired) electrons. The number of hydrogen-bond acceptors (Lipinski definition) is 4. The van der Waals surface area contributed by atoms with Gasteiger partial charge in [-0.25, -0.2) is 0 Å². The molecule has 1 fully saturated rings. The summed E-state index contributed by atoms with van der Waals surface area (Å²) in [4.78, 5) is 8.20. The first-order chi connectivity index (χ1) is 36.2. The van der Waals surface area contributed by atoms with Crippen LogP contribution in [0.25, 0.3) is 10.1 Å². The van der Waals surface area contributed by atoms with Crippen molar-refractivity contribution < 1.29 is 0 Å². The molecule has 77 heavy (non-hydrogen) atoms. The second kappa shape index (κ2) is 16.9. The third-order valence-electron chi connectivity index (χ3n) is 20.1. The number of allylic oxidation sites excluding steroid dienone is 1. The maximum Gasteiger partial charge on any atom is 0.253 e. The summed E-state index contributed by atoms with van der Waals surface area (Å²) >= 11 is 2.07. The minimum Gasteiger partial charge on any atom is -0.334 e. The first kappa shape index (κ1) is 50.7. The highest BCUT2D eigenvalue weighted by Crippen LogP contribution is 2.60. The topological polar surface area (TPSA) is 9.72 Å². The molecule has 5 heteroatoms. The number of fused-ring (bicyclic) bond motifs is 9. The average molecular weight is 1030 g/mol. The molecule has 3 nitrogen and oxygen atoms in total. The first-order valence-electron chi connectivity index (χ1n) is 29.3. The minimum absolute atomic E-state index is 0.0192. The Balaban J connectivity index is 1.19. The van der Waals surface area contributed by atoms with Gasteiger partial charge in [-0.05, 0) is 210 Å². The summed E-state index contributed by atoms with van der Waals surface area (Å²) < 4.78 is 1.44. The Bertz CT molecular complexity index is 3540. The highest BCUT2D eigenvalue weighted by Gasteiger charge is 2.52. The molecule has 1 saturated carbocycles. The molecule has 2 aliphatic heterocycles. The van der Waals surface area contributed by atoms with Crippen LogP contribution in [0.1, 0.15) is 188 Å². The molecule has 0 amide bonds. The van der Waals surface area contributed by atoms with Gasteiger partial charge in [-0.1, -0.05) is 165 Å². The molecule has 0 saturated heterocycles. The lowest BCUT2D eigenvalue weighted by molar-refractivity contribution is 0.188. The lowest BCUT2D eigenvalue weighted by atomic mass is 9.32. The van der Waals surface area contributed by atoms with Crippen molar-refractivity contribution in [3.05, 3.63) is 189 Å². The number of hydrogen-bond donors (Lipinski definition) is 0. The van der Waals surface area contributed by atoms with Crippen molar-refractivity contribution in [1.82, 2.24) is 0 Å². The predicted octanol–water partition coefficient (Wildman–Crippen LogP) is 18.4. The standard InChI is InChI=1S/C72H82BN3S/c1-66(2,3)45-26-29-59-58(39-45)73-63-53-43-56-57(72(15)34-32-71(56,14)33-35-72)44-62(53)77-65(63)76(50-27-28-54-55(40-50)70(12,13)31-30-69(54,10)11)61-42-52(74(48-22-18-16-19-23-48)49-24-20-17-21-25-49)41-60(64(61)73)75(59)51-37-46(67(4,5)6)36-47(38-51)68(7,8)9/h16-29,36-40,42-44,52H,30-35,41H2,1-15H3. The number of thiophene rings is 1. The third kappa shape index (κ3) is 7.91. The van der Waals surface area contributed by atoms with Gasteiger partial charge in [0.1, 0.15) is 0 Å². The van der Waals surface area contributed by atoms with Crippen LogP contribution >= 0.6 is 11.3 Å². The van der Waals surface area contributed by atoms with E-state index in [-0.39, 0.29) is 50.7 Å². The normalized spacial score (nSPS) is 23.0. The fraction of sp³-hybridized carbons (Fsp3) is 0.417. The summed E-state index contributed by atoms with van der Waals surface area (Å²) in [7, 11) is 0. The molecule has 1 atom stereocenters. The lowest BCUT2D eigenvalue weighted by Gasteiger charge is -2.52. The molecule has 6 aromatic carbocycles. The summed E-state index contributed by atoms with van der Waals surface area (Å²) in [5.41, 5.74) is 24.1. The molecular formula is C72H82BN3S. The van der Waals surface area contributed by atoms with Crippen molar-refractivity contribution in [3.8, 4) is 0 Å². The van der Waals surface area contributed by atoms with Gasteiger partial charge in [-0.3, -0.25) is 0 Å². The fourth-order valence-corrected chi connectivity index (χ4v) is 16.2. The van der Waals surface area contributed by atoms with E-state index in [1.54, 1.807) is 11.1 Å². The fourth-order valence-electron chi connectivity index (χ4n) is 14.9. The Hall–Kier alpha value is -5.78. The average Bonchev–Trinajstić information content (AvgIpc) is 3.75. The third-order valence-corrected chi connectivity index (χ3v) is 21.2. The number of anilines is 6. The van der Waals surface area contributed by atoms with Gasteiger partial charge in [0.2, 0.25) is 0 Å². The zero-order valence-corrected chi connectivity index (χ0v) is 49.9. The van der Waals surface area contributed by atoms with Crippen LogP contribution in [0.3, 0.4) is 0 Å². The Morgan fingerprint density at radius 2 is 1.08 bits per heavy atom. The van der Waals surface area contributed by atoms with Crippen molar-refractivity contribution in [3.63, 3.8) is 0 Å². The van der Waals surface area contributed by atoms with E-state index in [1.807, 2.05) is 0 Å². The van der Waals surface area contributed by atoms with Gasteiger partial charge < -0.3 is 14.7 Å². The smallest absolute Gasteiger partial charge is 0.253 e. The zero-order valence-electron chi connectivity index (χ0n) is 49.1. The highest BCUT2D eigenvalue weighted by atomic mass is 32.1. The number of benzene rings is 6. The summed E-state index contributed by atoms with van der Waals surface area (Å²) in [6, 6.07) is 50.8. The molecule has 394 valence electrons. The Morgan fingerprint density at radius 3 is 1.65 bits per heavy atom. The summed E-state index contributed by atoms with van der Waals surface area (Å²) in [5, 5.41) is 2.85.